The van der Waals surface area contributed by atoms with Crippen LogP contribution in [0.15, 0.2) is 0 Å². The van der Waals surface area contributed by atoms with Crippen molar-refractivity contribution < 1.29 is 4.74 Å². The molecule has 0 spiro atoms. The van der Waals surface area contributed by atoms with Gasteiger partial charge in [-0.3, -0.25) is 4.90 Å². The first kappa shape index (κ1) is 16.5. The summed E-state index contributed by atoms with van der Waals surface area (Å²) < 4.78 is 5.75. The van der Waals surface area contributed by atoms with Crippen LogP contribution >= 0.6 is 15.9 Å². The standard InChI is InChI=1S/C15H30BrNO/c1-14-12-17(13-15(2)18-14)11-9-7-5-3-4-6-8-10-16/h14-15H,3-13H2,1-2H3. The largest absolute Gasteiger partial charge is 0.373 e. The predicted octanol–water partition coefficient (Wildman–Crippen LogP) is 4.22. The molecule has 1 aliphatic heterocycles. The van der Waals surface area contributed by atoms with Crippen LogP contribution < -0.4 is 0 Å². The molecule has 0 aliphatic carbocycles. The molecule has 1 saturated heterocycles. The first-order chi connectivity index (χ1) is 8.72. The summed E-state index contributed by atoms with van der Waals surface area (Å²) in [5, 5.41) is 1.17. The molecule has 0 saturated carbocycles. The van der Waals surface area contributed by atoms with Crippen molar-refractivity contribution in [2.75, 3.05) is 25.0 Å². The number of hydrogen-bond acceptors (Lipinski definition) is 2. The van der Waals surface area contributed by atoms with Crippen LogP contribution in [0.5, 0.6) is 0 Å². The summed E-state index contributed by atoms with van der Waals surface area (Å²) in [6.45, 7) is 7.88. The van der Waals surface area contributed by atoms with Crippen molar-refractivity contribution in [2.45, 2.75) is 71.0 Å². The summed E-state index contributed by atoms with van der Waals surface area (Å²) in [5.74, 6) is 0. The molecule has 0 bridgehead atoms. The lowest BCUT2D eigenvalue weighted by Crippen LogP contribution is -2.45. The Bertz CT molecular complexity index is 191. The lowest BCUT2D eigenvalue weighted by Gasteiger charge is -2.35. The molecule has 1 heterocycles. The second-order valence-electron chi connectivity index (χ2n) is 5.68. The number of ether oxygens (including phenoxy) is 1. The van der Waals surface area contributed by atoms with Gasteiger partial charge in [-0.1, -0.05) is 48.0 Å². The molecule has 0 N–H and O–H groups in total. The second-order valence-corrected chi connectivity index (χ2v) is 6.47. The summed E-state index contributed by atoms with van der Waals surface area (Å²) in [4.78, 5) is 2.57. The maximum Gasteiger partial charge on any atom is 0.0678 e. The van der Waals surface area contributed by atoms with Crippen LogP contribution in [-0.2, 0) is 4.74 Å². The van der Waals surface area contributed by atoms with E-state index < -0.39 is 0 Å². The van der Waals surface area contributed by atoms with Gasteiger partial charge in [0.05, 0.1) is 12.2 Å². The minimum absolute atomic E-state index is 0.415. The van der Waals surface area contributed by atoms with E-state index in [-0.39, 0.29) is 0 Å². The van der Waals surface area contributed by atoms with E-state index in [9.17, 15) is 0 Å². The molecular formula is C15H30BrNO. The van der Waals surface area contributed by atoms with Gasteiger partial charge in [-0.2, -0.15) is 0 Å². The molecule has 0 amide bonds. The van der Waals surface area contributed by atoms with Gasteiger partial charge in [-0.05, 0) is 33.2 Å². The average Bonchev–Trinajstić information content (AvgIpc) is 2.31. The monoisotopic (exact) mass is 319 g/mol. The van der Waals surface area contributed by atoms with Crippen molar-refractivity contribution in [1.29, 1.82) is 0 Å². The average molecular weight is 320 g/mol. The van der Waals surface area contributed by atoms with E-state index in [2.05, 4.69) is 34.7 Å². The summed E-state index contributed by atoms with van der Waals surface area (Å²) in [6.07, 6.45) is 10.6. The van der Waals surface area contributed by atoms with Gasteiger partial charge < -0.3 is 4.74 Å². The van der Waals surface area contributed by atoms with Crippen molar-refractivity contribution in [3.05, 3.63) is 0 Å². The number of rotatable bonds is 9. The maximum atomic E-state index is 5.75. The van der Waals surface area contributed by atoms with E-state index in [0.29, 0.717) is 12.2 Å². The highest BCUT2D eigenvalue weighted by atomic mass is 79.9. The Balaban J connectivity index is 1.91. The third-order valence-electron chi connectivity index (χ3n) is 3.60. The van der Waals surface area contributed by atoms with Gasteiger partial charge in [0.2, 0.25) is 0 Å². The van der Waals surface area contributed by atoms with E-state index in [0.717, 1.165) is 13.1 Å². The van der Waals surface area contributed by atoms with Gasteiger partial charge in [0.25, 0.3) is 0 Å². The first-order valence-electron chi connectivity index (χ1n) is 7.66. The first-order valence-corrected chi connectivity index (χ1v) is 8.78. The fraction of sp³-hybridized carbons (Fsp3) is 1.00. The number of unbranched alkanes of at least 4 members (excludes halogenated alkanes) is 6. The Morgan fingerprint density at radius 3 is 1.94 bits per heavy atom. The molecule has 2 atom stereocenters. The van der Waals surface area contributed by atoms with E-state index in [1.54, 1.807) is 0 Å². The molecule has 2 nitrogen and oxygen atoms in total. The molecule has 1 rings (SSSR count). The van der Waals surface area contributed by atoms with Gasteiger partial charge in [0.15, 0.2) is 0 Å². The molecule has 0 aromatic rings. The van der Waals surface area contributed by atoms with Crippen LogP contribution in [0.25, 0.3) is 0 Å². The SMILES string of the molecule is CC1CN(CCCCCCCCCBr)CC(C)O1. The lowest BCUT2D eigenvalue weighted by molar-refractivity contribution is -0.0681. The Kier molecular flexibility index (Phi) is 9.34. The van der Waals surface area contributed by atoms with Crippen LogP contribution in [-0.4, -0.2) is 42.1 Å². The third-order valence-corrected chi connectivity index (χ3v) is 4.16. The summed E-state index contributed by atoms with van der Waals surface area (Å²) >= 11 is 3.48. The Hall–Kier alpha value is 0.400. The van der Waals surface area contributed by atoms with E-state index >= 15 is 0 Å². The zero-order valence-electron chi connectivity index (χ0n) is 12.2. The maximum absolute atomic E-state index is 5.75. The minimum Gasteiger partial charge on any atom is -0.373 e. The molecule has 0 aromatic heterocycles. The molecule has 0 aromatic carbocycles. The van der Waals surface area contributed by atoms with Crippen LogP contribution in [0.2, 0.25) is 0 Å². The molecule has 1 aliphatic rings. The van der Waals surface area contributed by atoms with E-state index in [1.165, 1.54) is 56.8 Å². The number of nitrogens with zero attached hydrogens (tertiary/aromatic N) is 1. The molecule has 3 heteroatoms. The van der Waals surface area contributed by atoms with Gasteiger partial charge in [-0.15, -0.1) is 0 Å². The molecule has 0 radical (unpaired) electrons. The number of halogens is 1. The van der Waals surface area contributed by atoms with Crippen LogP contribution in [0.3, 0.4) is 0 Å². The Labute approximate surface area is 122 Å². The van der Waals surface area contributed by atoms with Gasteiger partial charge >= 0.3 is 0 Å². The molecular weight excluding hydrogens is 290 g/mol. The molecule has 108 valence electrons. The van der Waals surface area contributed by atoms with Crippen molar-refractivity contribution in [2.24, 2.45) is 0 Å². The highest BCUT2D eigenvalue weighted by Gasteiger charge is 2.21. The second kappa shape index (κ2) is 10.2. The van der Waals surface area contributed by atoms with Crippen molar-refractivity contribution in [1.82, 2.24) is 4.90 Å². The van der Waals surface area contributed by atoms with Gasteiger partial charge in [0.1, 0.15) is 0 Å². The predicted molar refractivity (Wildman–Crippen MR) is 82.6 cm³/mol. The zero-order chi connectivity index (χ0) is 13.2. The van der Waals surface area contributed by atoms with Crippen LogP contribution in [0.4, 0.5) is 0 Å². The van der Waals surface area contributed by atoms with Crippen molar-refractivity contribution in [3.63, 3.8) is 0 Å². The summed E-state index contributed by atoms with van der Waals surface area (Å²) in [7, 11) is 0. The number of alkyl halides is 1. The van der Waals surface area contributed by atoms with E-state index in [4.69, 9.17) is 4.74 Å². The fourth-order valence-electron chi connectivity index (χ4n) is 2.78. The fourth-order valence-corrected chi connectivity index (χ4v) is 3.18. The molecule has 1 fully saturated rings. The smallest absolute Gasteiger partial charge is 0.0678 e. The zero-order valence-corrected chi connectivity index (χ0v) is 13.8. The normalized spacial score (nSPS) is 25.5. The minimum atomic E-state index is 0.415. The number of morpholine rings is 1. The summed E-state index contributed by atoms with van der Waals surface area (Å²) in [5.41, 5.74) is 0. The van der Waals surface area contributed by atoms with Gasteiger partial charge in [-0.25, -0.2) is 0 Å². The highest BCUT2D eigenvalue weighted by Crippen LogP contribution is 2.13. The van der Waals surface area contributed by atoms with Crippen molar-refractivity contribution in [3.8, 4) is 0 Å². The van der Waals surface area contributed by atoms with E-state index in [1.807, 2.05) is 0 Å². The van der Waals surface area contributed by atoms with Crippen LogP contribution in [0, 0.1) is 0 Å². The summed E-state index contributed by atoms with van der Waals surface area (Å²) in [6, 6.07) is 0. The van der Waals surface area contributed by atoms with Gasteiger partial charge in [0, 0.05) is 18.4 Å². The molecule has 2 unspecified atom stereocenters. The molecule has 18 heavy (non-hydrogen) atoms. The van der Waals surface area contributed by atoms with Crippen LogP contribution in [0.1, 0.15) is 58.8 Å². The lowest BCUT2D eigenvalue weighted by atomic mass is 10.1. The Morgan fingerprint density at radius 2 is 1.39 bits per heavy atom. The highest BCUT2D eigenvalue weighted by molar-refractivity contribution is 9.09. The topological polar surface area (TPSA) is 12.5 Å². The number of hydrogen-bond donors (Lipinski definition) is 0. The quantitative estimate of drug-likeness (QED) is 0.466. The Morgan fingerprint density at radius 1 is 0.889 bits per heavy atom. The third kappa shape index (κ3) is 7.75. The van der Waals surface area contributed by atoms with Crippen molar-refractivity contribution >= 4 is 15.9 Å².